The minimum atomic E-state index is -0.215. The summed E-state index contributed by atoms with van der Waals surface area (Å²) in [5, 5.41) is 2.83. The number of nitrogens with one attached hydrogen (secondary N) is 1. The average molecular weight is 341 g/mol. The lowest BCUT2D eigenvalue weighted by Gasteiger charge is -2.19. The Morgan fingerprint density at radius 3 is 2.56 bits per heavy atom. The zero-order valence-corrected chi connectivity index (χ0v) is 14.5. The largest absolute Gasteiger partial charge is 0.454 e. The van der Waals surface area contributed by atoms with E-state index < -0.39 is 0 Å². The molecule has 6 heteroatoms. The molecule has 25 heavy (non-hydrogen) atoms. The number of nitrogens with zero attached hydrogens (tertiary/aromatic N) is 1. The molecule has 0 unspecified atom stereocenters. The molecule has 3 N–H and O–H groups in total. The minimum Gasteiger partial charge on any atom is -0.454 e. The average Bonchev–Trinajstić information content (AvgIpc) is 3.07. The van der Waals surface area contributed by atoms with Crippen LogP contribution in [-0.2, 0) is 0 Å². The van der Waals surface area contributed by atoms with Crippen LogP contribution in [0.1, 0.15) is 30.1 Å². The molecule has 1 aliphatic heterocycles. The normalized spacial score (nSPS) is 12.1. The van der Waals surface area contributed by atoms with Gasteiger partial charge in [-0.3, -0.25) is 4.79 Å². The van der Waals surface area contributed by atoms with Gasteiger partial charge in [-0.05, 0) is 30.7 Å². The predicted molar refractivity (Wildman–Crippen MR) is 99.6 cm³/mol. The van der Waals surface area contributed by atoms with E-state index in [9.17, 15) is 4.79 Å². The molecule has 0 spiro atoms. The van der Waals surface area contributed by atoms with E-state index in [-0.39, 0.29) is 12.7 Å². The van der Waals surface area contributed by atoms with E-state index in [4.69, 9.17) is 15.2 Å². The van der Waals surface area contributed by atoms with Crippen molar-refractivity contribution in [1.82, 2.24) is 0 Å². The Morgan fingerprint density at radius 2 is 1.88 bits per heavy atom. The van der Waals surface area contributed by atoms with Crippen molar-refractivity contribution >= 4 is 23.0 Å². The molecule has 1 aliphatic rings. The highest BCUT2D eigenvalue weighted by Crippen LogP contribution is 2.38. The molecule has 0 bridgehead atoms. The van der Waals surface area contributed by atoms with Gasteiger partial charge in [0.25, 0.3) is 5.91 Å². The molecular formula is C19H23N3O3. The Kier molecular flexibility index (Phi) is 4.97. The van der Waals surface area contributed by atoms with Crippen molar-refractivity contribution in [2.24, 2.45) is 0 Å². The van der Waals surface area contributed by atoms with Crippen molar-refractivity contribution < 1.29 is 14.3 Å². The number of unbranched alkanes of at least 4 members (excludes halogenated alkanes) is 1. The Morgan fingerprint density at radius 1 is 1.20 bits per heavy atom. The molecule has 3 rings (SSSR count). The number of hydrogen-bond donors (Lipinski definition) is 2. The quantitative estimate of drug-likeness (QED) is 0.787. The molecule has 0 saturated carbocycles. The van der Waals surface area contributed by atoms with Crippen molar-refractivity contribution in [3.05, 3.63) is 42.0 Å². The monoisotopic (exact) mass is 341 g/mol. The van der Waals surface area contributed by atoms with Crippen LogP contribution in [0.4, 0.5) is 17.1 Å². The molecule has 2 aromatic rings. The molecule has 1 heterocycles. The highest BCUT2D eigenvalue weighted by molar-refractivity contribution is 6.06. The van der Waals surface area contributed by atoms with Gasteiger partial charge in [0.15, 0.2) is 11.5 Å². The lowest BCUT2D eigenvalue weighted by molar-refractivity contribution is 0.102. The minimum absolute atomic E-state index is 0.166. The number of ether oxygens (including phenoxy) is 2. The van der Waals surface area contributed by atoms with Crippen LogP contribution in [0.5, 0.6) is 11.5 Å². The number of amides is 1. The first-order chi connectivity index (χ1) is 12.1. The molecular weight excluding hydrogens is 318 g/mol. The van der Waals surface area contributed by atoms with Crippen LogP contribution in [-0.4, -0.2) is 26.3 Å². The molecule has 2 aromatic carbocycles. The zero-order valence-electron chi connectivity index (χ0n) is 14.5. The molecule has 0 saturated heterocycles. The summed E-state index contributed by atoms with van der Waals surface area (Å²) in [6.07, 6.45) is 2.30. The topological polar surface area (TPSA) is 76.8 Å². The maximum absolute atomic E-state index is 12.5. The molecule has 0 fully saturated rings. The Labute approximate surface area is 147 Å². The van der Waals surface area contributed by atoms with Gasteiger partial charge in [0.05, 0.1) is 11.4 Å². The highest BCUT2D eigenvalue weighted by atomic mass is 16.7. The third-order valence-corrected chi connectivity index (χ3v) is 4.21. The number of benzene rings is 2. The first kappa shape index (κ1) is 17.0. The fraction of sp³-hybridized carbons (Fsp3) is 0.316. The van der Waals surface area contributed by atoms with Crippen molar-refractivity contribution in [2.75, 3.05) is 36.3 Å². The molecule has 6 nitrogen and oxygen atoms in total. The summed E-state index contributed by atoms with van der Waals surface area (Å²) in [7, 11) is 2.05. The summed E-state index contributed by atoms with van der Waals surface area (Å²) in [4.78, 5) is 14.6. The molecule has 132 valence electrons. The summed E-state index contributed by atoms with van der Waals surface area (Å²) in [5.41, 5.74) is 8.59. The highest BCUT2D eigenvalue weighted by Gasteiger charge is 2.17. The number of nitrogens with two attached hydrogens (primary N) is 1. The summed E-state index contributed by atoms with van der Waals surface area (Å²) in [6, 6.07) is 10.9. The SMILES string of the molecule is CCCCN(C)c1ccc(C(=O)Nc2cc3c(cc2N)OCO3)cc1. The molecule has 0 atom stereocenters. The second-order valence-corrected chi connectivity index (χ2v) is 6.07. The smallest absolute Gasteiger partial charge is 0.255 e. The molecule has 1 amide bonds. The van der Waals surface area contributed by atoms with Crippen molar-refractivity contribution in [3.63, 3.8) is 0 Å². The third-order valence-electron chi connectivity index (χ3n) is 4.21. The van der Waals surface area contributed by atoms with Gasteiger partial charge in [0.2, 0.25) is 6.79 Å². The van der Waals surface area contributed by atoms with Crippen LogP contribution in [0.15, 0.2) is 36.4 Å². The fourth-order valence-electron chi connectivity index (χ4n) is 2.65. The van der Waals surface area contributed by atoms with Gasteiger partial charge in [-0.25, -0.2) is 0 Å². The van der Waals surface area contributed by atoms with Gasteiger partial charge in [-0.1, -0.05) is 13.3 Å². The number of carbonyl (C=O) groups is 1. The van der Waals surface area contributed by atoms with Crippen molar-refractivity contribution in [2.45, 2.75) is 19.8 Å². The van der Waals surface area contributed by atoms with E-state index >= 15 is 0 Å². The lowest BCUT2D eigenvalue weighted by Crippen LogP contribution is -2.18. The van der Waals surface area contributed by atoms with Crippen molar-refractivity contribution in [3.8, 4) is 11.5 Å². The van der Waals surface area contributed by atoms with Gasteiger partial charge in [-0.15, -0.1) is 0 Å². The maximum Gasteiger partial charge on any atom is 0.255 e. The first-order valence-electron chi connectivity index (χ1n) is 8.40. The standard InChI is InChI=1S/C19H23N3O3/c1-3-4-9-22(2)14-7-5-13(6-8-14)19(23)21-16-11-18-17(10-15(16)20)24-12-25-18/h5-8,10-11H,3-4,9,12,20H2,1-2H3,(H,21,23). The van der Waals surface area contributed by atoms with Gasteiger partial charge >= 0.3 is 0 Å². The van der Waals surface area contributed by atoms with Crippen molar-refractivity contribution in [1.29, 1.82) is 0 Å². The number of fused-ring (bicyclic) bond motifs is 1. The zero-order chi connectivity index (χ0) is 17.8. The third kappa shape index (κ3) is 3.79. The molecule has 0 aliphatic carbocycles. The summed E-state index contributed by atoms with van der Waals surface area (Å²) < 4.78 is 10.6. The second kappa shape index (κ2) is 7.34. The van der Waals surface area contributed by atoms with E-state index in [0.29, 0.717) is 28.4 Å². The van der Waals surface area contributed by atoms with E-state index in [1.54, 1.807) is 12.1 Å². The Hall–Kier alpha value is -2.89. The molecule has 0 radical (unpaired) electrons. The van der Waals surface area contributed by atoms with E-state index in [1.807, 2.05) is 24.3 Å². The van der Waals surface area contributed by atoms with Crippen LogP contribution in [0.2, 0.25) is 0 Å². The Bertz CT molecular complexity index is 759. The van der Waals surface area contributed by atoms with Crippen LogP contribution in [0.3, 0.4) is 0 Å². The maximum atomic E-state index is 12.5. The van der Waals surface area contributed by atoms with Gasteiger partial charge in [0, 0.05) is 37.0 Å². The fourth-order valence-corrected chi connectivity index (χ4v) is 2.65. The molecule has 0 aromatic heterocycles. The Balaban J connectivity index is 1.69. The summed E-state index contributed by atoms with van der Waals surface area (Å²) >= 11 is 0. The predicted octanol–water partition coefficient (Wildman–Crippen LogP) is 3.49. The van der Waals surface area contributed by atoms with Gasteiger partial charge in [0.1, 0.15) is 0 Å². The van der Waals surface area contributed by atoms with Gasteiger partial charge < -0.3 is 25.4 Å². The van der Waals surface area contributed by atoms with Crippen LogP contribution < -0.4 is 25.4 Å². The van der Waals surface area contributed by atoms with E-state index in [0.717, 1.165) is 25.1 Å². The van der Waals surface area contributed by atoms with Crippen LogP contribution in [0, 0.1) is 0 Å². The first-order valence-corrected chi connectivity index (χ1v) is 8.40. The number of hydrogen-bond acceptors (Lipinski definition) is 5. The number of rotatable bonds is 6. The summed E-state index contributed by atoms with van der Waals surface area (Å²) in [5.74, 6) is 0.959. The van der Waals surface area contributed by atoms with Gasteiger partial charge in [-0.2, -0.15) is 0 Å². The number of nitrogen functional groups attached to an aromatic ring is 1. The van der Waals surface area contributed by atoms with E-state index in [2.05, 4.69) is 24.2 Å². The van der Waals surface area contributed by atoms with Crippen LogP contribution in [0.25, 0.3) is 0 Å². The number of carbonyl (C=O) groups excluding carboxylic acids is 1. The van der Waals surface area contributed by atoms with E-state index in [1.165, 1.54) is 0 Å². The lowest BCUT2D eigenvalue weighted by atomic mass is 10.1. The summed E-state index contributed by atoms with van der Waals surface area (Å²) in [6.45, 7) is 3.33. The number of anilines is 3. The second-order valence-electron chi connectivity index (χ2n) is 6.07. The van der Waals surface area contributed by atoms with Crippen LogP contribution >= 0.6 is 0 Å².